The summed E-state index contributed by atoms with van der Waals surface area (Å²) < 4.78 is 15.4. The molecule has 168 valence electrons. The second-order valence-electron chi connectivity index (χ2n) is 8.06. The average Bonchev–Trinajstić information content (AvgIpc) is 3.53. The summed E-state index contributed by atoms with van der Waals surface area (Å²) in [5, 5.41) is 3.32. The van der Waals surface area contributed by atoms with Gasteiger partial charge in [0, 0.05) is 23.5 Å². The van der Waals surface area contributed by atoms with E-state index in [0.717, 1.165) is 23.4 Å². The lowest BCUT2D eigenvalue weighted by Crippen LogP contribution is -2.42. The third-order valence-corrected chi connectivity index (χ3v) is 7.26. The number of carbonyl (C=O) groups is 3. The molecule has 1 atom stereocenters. The van der Waals surface area contributed by atoms with Crippen LogP contribution in [0.25, 0.3) is 0 Å². The number of hydrogen-bond acceptors (Lipinski definition) is 8. The number of nitrogens with one attached hydrogen (secondary N) is 1. The van der Waals surface area contributed by atoms with Gasteiger partial charge in [0.15, 0.2) is 16.6 Å². The lowest BCUT2D eigenvalue weighted by atomic mass is 9.95. The second-order valence-corrected chi connectivity index (χ2v) is 9.15. The molecule has 1 unspecified atom stereocenters. The van der Waals surface area contributed by atoms with Crippen molar-refractivity contribution in [3.63, 3.8) is 0 Å². The summed E-state index contributed by atoms with van der Waals surface area (Å²) in [5.41, 5.74) is 1.21. The molecule has 2 aromatic rings. The molecule has 0 bridgehead atoms. The maximum Gasteiger partial charge on any atom is 0.308 e. The van der Waals surface area contributed by atoms with E-state index in [1.807, 2.05) is 4.90 Å². The highest BCUT2D eigenvalue weighted by Gasteiger charge is 2.37. The number of thiazole rings is 1. The first-order valence-electron chi connectivity index (χ1n) is 10.6. The first-order chi connectivity index (χ1) is 15.5. The first kappa shape index (κ1) is 20.7. The molecule has 1 aromatic heterocycles. The van der Waals surface area contributed by atoms with Crippen molar-refractivity contribution in [3.8, 4) is 11.5 Å². The van der Waals surface area contributed by atoms with Gasteiger partial charge in [-0.15, -0.1) is 11.3 Å². The Labute approximate surface area is 188 Å². The molecular weight excluding hydrogens is 434 g/mol. The summed E-state index contributed by atoms with van der Waals surface area (Å²) >= 11 is 1.41. The number of carbonyl (C=O) groups excluding carboxylic acids is 3. The van der Waals surface area contributed by atoms with Crippen LogP contribution in [0.3, 0.4) is 0 Å². The predicted molar refractivity (Wildman–Crippen MR) is 115 cm³/mol. The molecule has 1 fully saturated rings. The quantitative estimate of drug-likeness (QED) is 0.703. The molecule has 1 aliphatic carbocycles. The van der Waals surface area contributed by atoms with Gasteiger partial charge in [0.1, 0.15) is 0 Å². The largest absolute Gasteiger partial charge is 0.469 e. The number of nitrogens with zero attached hydrogens (tertiary/aromatic N) is 2. The molecule has 2 aliphatic heterocycles. The zero-order valence-electron chi connectivity index (χ0n) is 17.6. The summed E-state index contributed by atoms with van der Waals surface area (Å²) in [5.74, 6) is 0.275. The number of benzene rings is 1. The van der Waals surface area contributed by atoms with Crippen molar-refractivity contribution < 1.29 is 28.6 Å². The molecule has 10 heteroatoms. The molecule has 1 saturated heterocycles. The van der Waals surface area contributed by atoms with Crippen LogP contribution in [0.1, 0.15) is 46.1 Å². The van der Waals surface area contributed by atoms with Crippen LogP contribution in [-0.4, -0.2) is 54.7 Å². The highest BCUT2D eigenvalue weighted by atomic mass is 32.1. The lowest BCUT2D eigenvalue weighted by molar-refractivity contribution is -0.149. The molecule has 0 spiro atoms. The topological polar surface area (TPSA) is 107 Å². The normalized spacial score (nSPS) is 19.5. The van der Waals surface area contributed by atoms with E-state index in [-0.39, 0.29) is 36.4 Å². The Hall–Kier alpha value is -3.14. The number of piperidine rings is 1. The van der Waals surface area contributed by atoms with Crippen molar-refractivity contribution in [2.24, 2.45) is 5.92 Å². The van der Waals surface area contributed by atoms with Crippen LogP contribution in [0.15, 0.2) is 18.2 Å². The number of rotatable bonds is 4. The van der Waals surface area contributed by atoms with E-state index in [4.69, 9.17) is 14.2 Å². The van der Waals surface area contributed by atoms with Gasteiger partial charge in [-0.05, 0) is 43.9 Å². The third kappa shape index (κ3) is 3.79. The Kier molecular flexibility index (Phi) is 5.46. The number of aromatic nitrogens is 1. The number of ether oxygens (including phenoxy) is 3. The molecule has 0 radical (unpaired) electrons. The molecule has 3 heterocycles. The van der Waals surface area contributed by atoms with E-state index in [1.165, 1.54) is 18.4 Å². The number of fused-ring (bicyclic) bond motifs is 2. The molecule has 5 rings (SSSR count). The van der Waals surface area contributed by atoms with Crippen LogP contribution >= 0.6 is 11.3 Å². The van der Waals surface area contributed by atoms with Gasteiger partial charge in [0.05, 0.1) is 24.6 Å². The van der Waals surface area contributed by atoms with E-state index in [0.29, 0.717) is 48.1 Å². The number of aryl methyl sites for hydroxylation is 1. The summed E-state index contributed by atoms with van der Waals surface area (Å²) in [6, 6.07) is 5.02. The van der Waals surface area contributed by atoms with Gasteiger partial charge in [-0.3, -0.25) is 19.7 Å². The maximum absolute atomic E-state index is 13.1. The molecule has 1 aromatic carbocycles. The van der Waals surface area contributed by atoms with Gasteiger partial charge in [-0.25, -0.2) is 4.98 Å². The van der Waals surface area contributed by atoms with Crippen molar-refractivity contribution in [3.05, 3.63) is 34.3 Å². The van der Waals surface area contributed by atoms with Gasteiger partial charge >= 0.3 is 5.97 Å². The minimum Gasteiger partial charge on any atom is -0.469 e. The summed E-state index contributed by atoms with van der Waals surface area (Å²) in [6.07, 6.45) is 2.72. The van der Waals surface area contributed by atoms with Crippen LogP contribution in [0, 0.1) is 5.92 Å². The lowest BCUT2D eigenvalue weighted by Gasteiger charge is -2.32. The van der Waals surface area contributed by atoms with Crippen LogP contribution in [0.2, 0.25) is 0 Å². The maximum atomic E-state index is 13.1. The second kappa shape index (κ2) is 8.42. The van der Waals surface area contributed by atoms with Crippen LogP contribution < -0.4 is 14.8 Å². The van der Waals surface area contributed by atoms with Crippen molar-refractivity contribution in [1.29, 1.82) is 0 Å². The fourth-order valence-corrected chi connectivity index (χ4v) is 5.48. The van der Waals surface area contributed by atoms with Crippen molar-refractivity contribution >= 4 is 34.3 Å². The molecule has 9 nitrogen and oxygen atoms in total. The molecule has 3 aliphatic rings. The van der Waals surface area contributed by atoms with Gasteiger partial charge in [-0.1, -0.05) is 0 Å². The van der Waals surface area contributed by atoms with E-state index in [9.17, 15) is 14.4 Å². The minimum atomic E-state index is -0.299. The van der Waals surface area contributed by atoms with Crippen LogP contribution in [-0.2, 0) is 20.7 Å². The molecule has 2 amide bonds. The standard InChI is InChI=1S/C22H23N3O6S/c1-29-21(28)12-6-8-25(9-7-12)20(27)14-3-5-17-18(14)23-22(32-17)24-19(26)13-2-4-15-16(10-13)31-11-30-15/h2,4,10,12,14H,3,5-9,11H2,1H3,(H,23,24,26). The highest BCUT2D eigenvalue weighted by molar-refractivity contribution is 7.16. The number of esters is 1. The monoisotopic (exact) mass is 457 g/mol. The van der Waals surface area contributed by atoms with E-state index >= 15 is 0 Å². The van der Waals surface area contributed by atoms with Crippen molar-refractivity contribution in [2.45, 2.75) is 31.6 Å². The predicted octanol–water partition coefficient (Wildman–Crippen LogP) is 2.57. The fraction of sp³-hybridized carbons (Fsp3) is 0.455. The SMILES string of the molecule is COC(=O)C1CCN(C(=O)C2CCc3sc(NC(=O)c4ccc5c(c4)OCO5)nc32)CC1. The van der Waals surface area contributed by atoms with Gasteiger partial charge in [0.25, 0.3) is 5.91 Å². The molecule has 1 N–H and O–H groups in total. The Bertz CT molecular complexity index is 1080. The summed E-state index contributed by atoms with van der Waals surface area (Å²) in [7, 11) is 1.39. The highest BCUT2D eigenvalue weighted by Crippen LogP contribution is 2.40. The van der Waals surface area contributed by atoms with Gasteiger partial charge < -0.3 is 19.1 Å². The van der Waals surface area contributed by atoms with Gasteiger partial charge in [0.2, 0.25) is 12.7 Å². The Morgan fingerprint density at radius 1 is 1.16 bits per heavy atom. The number of hydrogen-bond donors (Lipinski definition) is 1. The first-order valence-corrected chi connectivity index (χ1v) is 11.4. The van der Waals surface area contributed by atoms with Gasteiger partial charge in [-0.2, -0.15) is 0 Å². The van der Waals surface area contributed by atoms with E-state index < -0.39 is 0 Å². The minimum absolute atomic E-state index is 0.0472. The average molecular weight is 458 g/mol. The Morgan fingerprint density at radius 2 is 1.94 bits per heavy atom. The zero-order chi connectivity index (χ0) is 22.2. The molecule has 32 heavy (non-hydrogen) atoms. The fourth-order valence-electron chi connectivity index (χ4n) is 4.45. The van der Waals surface area contributed by atoms with Crippen molar-refractivity contribution in [2.75, 3.05) is 32.3 Å². The molecular formula is C22H23N3O6S. The summed E-state index contributed by atoms with van der Waals surface area (Å²) in [4.78, 5) is 45.0. The smallest absolute Gasteiger partial charge is 0.308 e. The number of likely N-dealkylation sites (tertiary alicyclic amines) is 1. The number of amides is 2. The Balaban J connectivity index is 1.24. The molecule has 0 saturated carbocycles. The zero-order valence-corrected chi connectivity index (χ0v) is 18.4. The van der Waals surface area contributed by atoms with Crippen molar-refractivity contribution in [1.82, 2.24) is 9.88 Å². The van der Waals surface area contributed by atoms with Crippen LogP contribution in [0.5, 0.6) is 11.5 Å². The summed E-state index contributed by atoms with van der Waals surface area (Å²) in [6.45, 7) is 1.24. The van der Waals surface area contributed by atoms with E-state index in [1.54, 1.807) is 18.2 Å². The number of anilines is 1. The Morgan fingerprint density at radius 3 is 2.72 bits per heavy atom. The van der Waals surface area contributed by atoms with Crippen LogP contribution in [0.4, 0.5) is 5.13 Å². The van der Waals surface area contributed by atoms with E-state index in [2.05, 4.69) is 10.3 Å². The number of methoxy groups -OCH3 is 1. The third-order valence-electron chi connectivity index (χ3n) is 6.21.